The van der Waals surface area contributed by atoms with Crippen molar-refractivity contribution >= 4 is 0 Å². The number of morpholine rings is 1. The van der Waals surface area contributed by atoms with Gasteiger partial charge in [-0.15, -0.1) is 0 Å². The third-order valence-corrected chi connectivity index (χ3v) is 4.15. The third-order valence-electron chi connectivity index (χ3n) is 4.15. The Morgan fingerprint density at radius 1 is 1.00 bits per heavy atom. The Hall–Kier alpha value is -0.120. The number of hydrogen-bond acceptors (Lipinski definition) is 3. The smallest absolute Gasteiger partial charge is 0.0760 e. The Labute approximate surface area is 126 Å². The highest BCUT2D eigenvalue weighted by Crippen LogP contribution is 2.30. The summed E-state index contributed by atoms with van der Waals surface area (Å²) in [6.45, 7) is 13.8. The Balaban J connectivity index is 2.47. The van der Waals surface area contributed by atoms with E-state index in [2.05, 4.69) is 39.5 Å². The van der Waals surface area contributed by atoms with Crippen LogP contribution in [0.5, 0.6) is 0 Å². The second kappa shape index (κ2) is 7.77. The van der Waals surface area contributed by atoms with Crippen molar-refractivity contribution < 1.29 is 4.74 Å². The Bertz CT molecular complexity index is 260. The zero-order valence-corrected chi connectivity index (χ0v) is 14.4. The number of nitrogens with zero attached hydrogens (tertiary/aromatic N) is 1. The molecule has 1 heterocycles. The number of nitrogens with two attached hydrogens (primary N) is 1. The lowest BCUT2D eigenvalue weighted by Gasteiger charge is -2.49. The predicted octanol–water partition coefficient (Wildman–Crippen LogP) is 3.56. The van der Waals surface area contributed by atoms with Crippen molar-refractivity contribution in [3.05, 3.63) is 0 Å². The Morgan fingerprint density at radius 2 is 1.55 bits per heavy atom. The van der Waals surface area contributed by atoms with E-state index in [1.165, 1.54) is 38.5 Å². The summed E-state index contributed by atoms with van der Waals surface area (Å²) in [7, 11) is 0. The van der Waals surface area contributed by atoms with E-state index in [9.17, 15) is 0 Å². The summed E-state index contributed by atoms with van der Waals surface area (Å²) in [5.41, 5.74) is 5.90. The van der Waals surface area contributed by atoms with Gasteiger partial charge in [-0.1, -0.05) is 39.0 Å². The monoisotopic (exact) mass is 284 g/mol. The Kier molecular flexibility index (Phi) is 6.96. The summed E-state index contributed by atoms with van der Waals surface area (Å²) < 4.78 is 6.16. The minimum Gasteiger partial charge on any atom is -0.367 e. The molecule has 2 N–H and O–H groups in total. The number of rotatable bonds is 8. The van der Waals surface area contributed by atoms with E-state index >= 15 is 0 Å². The zero-order chi connectivity index (χ0) is 15.2. The van der Waals surface area contributed by atoms with Crippen LogP contribution in [0.3, 0.4) is 0 Å². The topological polar surface area (TPSA) is 38.5 Å². The SMILES string of the molecule is CCCCCCCC(CN)N1CC(C)(C)OC(C)(C)C1. The van der Waals surface area contributed by atoms with Gasteiger partial charge in [-0.2, -0.15) is 0 Å². The molecule has 1 atom stereocenters. The van der Waals surface area contributed by atoms with E-state index in [1.807, 2.05) is 0 Å². The lowest BCUT2D eigenvalue weighted by atomic mass is 9.95. The van der Waals surface area contributed by atoms with Gasteiger partial charge in [-0.3, -0.25) is 4.90 Å². The van der Waals surface area contributed by atoms with Crippen molar-refractivity contribution in [1.82, 2.24) is 4.90 Å². The Morgan fingerprint density at radius 3 is 2.05 bits per heavy atom. The maximum Gasteiger partial charge on any atom is 0.0760 e. The predicted molar refractivity (Wildman–Crippen MR) is 87.0 cm³/mol. The zero-order valence-electron chi connectivity index (χ0n) is 14.4. The van der Waals surface area contributed by atoms with Crippen LogP contribution in [0, 0.1) is 0 Å². The summed E-state index contributed by atoms with van der Waals surface area (Å²) in [5, 5.41) is 0. The van der Waals surface area contributed by atoms with Gasteiger partial charge in [0.15, 0.2) is 0 Å². The molecule has 0 aromatic carbocycles. The molecule has 1 saturated heterocycles. The minimum atomic E-state index is -0.0720. The molecule has 0 radical (unpaired) electrons. The molecular weight excluding hydrogens is 248 g/mol. The van der Waals surface area contributed by atoms with Gasteiger partial charge >= 0.3 is 0 Å². The van der Waals surface area contributed by atoms with Crippen LogP contribution in [0.2, 0.25) is 0 Å². The number of hydrogen-bond donors (Lipinski definition) is 1. The molecule has 1 aliphatic rings. The van der Waals surface area contributed by atoms with Crippen molar-refractivity contribution in [2.45, 2.75) is 90.4 Å². The van der Waals surface area contributed by atoms with E-state index in [-0.39, 0.29) is 11.2 Å². The molecule has 0 amide bonds. The van der Waals surface area contributed by atoms with Gasteiger partial charge in [0.2, 0.25) is 0 Å². The highest BCUT2D eigenvalue weighted by Gasteiger charge is 2.39. The standard InChI is InChI=1S/C17H36N2O/c1-6-7-8-9-10-11-15(12-18)19-13-16(2,3)20-17(4,5)14-19/h15H,6-14,18H2,1-5H3. The molecule has 3 nitrogen and oxygen atoms in total. The molecule has 1 aliphatic heterocycles. The minimum absolute atomic E-state index is 0.0720. The van der Waals surface area contributed by atoms with Gasteiger partial charge < -0.3 is 10.5 Å². The molecule has 0 aromatic rings. The van der Waals surface area contributed by atoms with E-state index in [1.54, 1.807) is 0 Å². The van der Waals surface area contributed by atoms with Gasteiger partial charge in [0.05, 0.1) is 11.2 Å². The van der Waals surface area contributed by atoms with Gasteiger partial charge in [-0.25, -0.2) is 0 Å². The molecule has 20 heavy (non-hydrogen) atoms. The summed E-state index contributed by atoms with van der Waals surface area (Å²) in [6, 6.07) is 0.513. The largest absolute Gasteiger partial charge is 0.367 e. The van der Waals surface area contributed by atoms with Gasteiger partial charge in [0, 0.05) is 25.7 Å². The van der Waals surface area contributed by atoms with Crippen LogP contribution in [-0.2, 0) is 4.74 Å². The summed E-state index contributed by atoms with van der Waals surface area (Å²) >= 11 is 0. The molecule has 0 spiro atoms. The van der Waals surface area contributed by atoms with E-state index in [0.717, 1.165) is 19.6 Å². The fraction of sp³-hybridized carbons (Fsp3) is 1.00. The maximum absolute atomic E-state index is 6.16. The molecule has 0 aromatic heterocycles. The van der Waals surface area contributed by atoms with Gasteiger partial charge in [0.1, 0.15) is 0 Å². The molecule has 1 unspecified atom stereocenters. The first-order valence-corrected chi connectivity index (χ1v) is 8.44. The van der Waals surface area contributed by atoms with Gasteiger partial charge in [0.25, 0.3) is 0 Å². The van der Waals surface area contributed by atoms with Crippen LogP contribution >= 0.6 is 0 Å². The van der Waals surface area contributed by atoms with Crippen molar-refractivity contribution in [3.8, 4) is 0 Å². The van der Waals surface area contributed by atoms with Crippen LogP contribution in [0.4, 0.5) is 0 Å². The van der Waals surface area contributed by atoms with Gasteiger partial charge in [-0.05, 0) is 34.1 Å². The quantitative estimate of drug-likeness (QED) is 0.693. The van der Waals surface area contributed by atoms with E-state index in [0.29, 0.717) is 6.04 Å². The van der Waals surface area contributed by atoms with Crippen LogP contribution in [0.15, 0.2) is 0 Å². The van der Waals surface area contributed by atoms with Crippen molar-refractivity contribution in [2.75, 3.05) is 19.6 Å². The first kappa shape index (κ1) is 17.9. The molecule has 0 bridgehead atoms. The average Bonchev–Trinajstić information content (AvgIpc) is 2.29. The fourth-order valence-electron chi connectivity index (χ4n) is 3.54. The van der Waals surface area contributed by atoms with Crippen LogP contribution < -0.4 is 5.73 Å². The summed E-state index contributed by atoms with van der Waals surface area (Å²) in [6.07, 6.45) is 7.93. The van der Waals surface area contributed by atoms with Crippen molar-refractivity contribution in [3.63, 3.8) is 0 Å². The lowest BCUT2D eigenvalue weighted by Crippen LogP contribution is -2.60. The fourth-order valence-corrected chi connectivity index (χ4v) is 3.54. The number of ether oxygens (including phenoxy) is 1. The summed E-state index contributed by atoms with van der Waals surface area (Å²) in [5.74, 6) is 0. The first-order valence-electron chi connectivity index (χ1n) is 8.44. The highest BCUT2D eigenvalue weighted by molar-refractivity contribution is 4.92. The normalized spacial score (nSPS) is 23.7. The molecule has 120 valence electrons. The molecule has 1 rings (SSSR count). The lowest BCUT2D eigenvalue weighted by molar-refractivity contribution is -0.187. The molecule has 3 heteroatoms. The van der Waals surface area contributed by atoms with Crippen LogP contribution in [-0.4, -0.2) is 41.8 Å². The van der Waals surface area contributed by atoms with Crippen LogP contribution in [0.1, 0.15) is 73.1 Å². The first-order chi connectivity index (χ1) is 9.29. The maximum atomic E-state index is 6.16. The third kappa shape index (κ3) is 6.11. The molecule has 1 fully saturated rings. The summed E-state index contributed by atoms with van der Waals surface area (Å²) in [4.78, 5) is 2.56. The molecule has 0 saturated carbocycles. The van der Waals surface area contributed by atoms with Crippen molar-refractivity contribution in [1.29, 1.82) is 0 Å². The second-order valence-electron chi connectivity index (χ2n) is 7.62. The molecule has 0 aliphatic carbocycles. The molecular formula is C17H36N2O. The second-order valence-corrected chi connectivity index (χ2v) is 7.62. The van der Waals surface area contributed by atoms with E-state index < -0.39 is 0 Å². The highest BCUT2D eigenvalue weighted by atomic mass is 16.5. The van der Waals surface area contributed by atoms with Crippen molar-refractivity contribution in [2.24, 2.45) is 5.73 Å². The average molecular weight is 284 g/mol. The number of unbranched alkanes of at least 4 members (excludes halogenated alkanes) is 4. The van der Waals surface area contributed by atoms with Crippen LogP contribution in [0.25, 0.3) is 0 Å². The van der Waals surface area contributed by atoms with E-state index in [4.69, 9.17) is 10.5 Å².